The zero-order valence-electron chi connectivity index (χ0n) is 14.2. The Kier molecular flexibility index (Phi) is 10.6. The smallest absolute Gasteiger partial charge is 0.306 e. The van der Waals surface area contributed by atoms with Crippen LogP contribution in [0.2, 0.25) is 0 Å². The molecule has 0 spiro atoms. The van der Waals surface area contributed by atoms with E-state index < -0.39 is 0 Å². The van der Waals surface area contributed by atoms with Gasteiger partial charge in [-0.1, -0.05) is 64.7 Å². The first-order chi connectivity index (χ1) is 10.2. The molecule has 124 valence electrons. The van der Waals surface area contributed by atoms with E-state index in [0.717, 1.165) is 25.9 Å². The number of carbonyl (C=O) groups is 1. The van der Waals surface area contributed by atoms with Crippen molar-refractivity contribution in [2.45, 2.75) is 90.1 Å². The largest absolute Gasteiger partial charge is 0.461 e. The molecule has 0 N–H and O–H groups in total. The number of nitrogens with zero attached hydrogens (tertiary/aromatic N) is 1. The predicted molar refractivity (Wildman–Crippen MR) is 88.5 cm³/mol. The number of likely N-dealkylation sites (tertiary alicyclic amines) is 1. The molecule has 1 saturated heterocycles. The summed E-state index contributed by atoms with van der Waals surface area (Å²) in [6.07, 6.45) is 14.8. The maximum atomic E-state index is 11.7. The minimum Gasteiger partial charge on any atom is -0.461 e. The molecule has 1 rings (SSSR count). The van der Waals surface area contributed by atoms with Crippen molar-refractivity contribution in [1.82, 2.24) is 4.90 Å². The van der Waals surface area contributed by atoms with Gasteiger partial charge >= 0.3 is 5.97 Å². The second-order valence-electron chi connectivity index (χ2n) is 6.59. The fourth-order valence-corrected chi connectivity index (χ4v) is 2.99. The quantitative estimate of drug-likeness (QED) is 0.391. The van der Waals surface area contributed by atoms with Crippen molar-refractivity contribution in [3.8, 4) is 0 Å². The van der Waals surface area contributed by atoms with Crippen molar-refractivity contribution in [3.05, 3.63) is 0 Å². The average Bonchev–Trinajstić information content (AvgIpc) is 2.86. The van der Waals surface area contributed by atoms with Gasteiger partial charge in [-0.2, -0.15) is 0 Å². The van der Waals surface area contributed by atoms with Crippen LogP contribution in [0.1, 0.15) is 84.0 Å². The van der Waals surface area contributed by atoms with Crippen LogP contribution in [0, 0.1) is 0 Å². The number of hydrogen-bond donors (Lipinski definition) is 0. The second kappa shape index (κ2) is 12.0. The molecule has 1 heterocycles. The summed E-state index contributed by atoms with van der Waals surface area (Å²) in [5, 5.41) is 0. The molecule has 0 saturated carbocycles. The Hall–Kier alpha value is -0.570. The van der Waals surface area contributed by atoms with Gasteiger partial charge in [0.05, 0.1) is 0 Å². The zero-order valence-corrected chi connectivity index (χ0v) is 14.2. The van der Waals surface area contributed by atoms with E-state index in [1.165, 1.54) is 57.8 Å². The highest BCUT2D eigenvalue weighted by Crippen LogP contribution is 2.14. The van der Waals surface area contributed by atoms with Gasteiger partial charge in [-0.3, -0.25) is 4.79 Å². The van der Waals surface area contributed by atoms with Crippen molar-refractivity contribution in [1.29, 1.82) is 0 Å². The van der Waals surface area contributed by atoms with Crippen molar-refractivity contribution in [3.63, 3.8) is 0 Å². The van der Waals surface area contributed by atoms with Gasteiger partial charge in [-0.05, 0) is 19.9 Å². The Balaban J connectivity index is 1.82. The Morgan fingerprint density at radius 2 is 1.57 bits per heavy atom. The van der Waals surface area contributed by atoms with Gasteiger partial charge in [0.25, 0.3) is 0 Å². The first-order valence-electron chi connectivity index (χ1n) is 9.10. The van der Waals surface area contributed by atoms with Crippen LogP contribution in [-0.2, 0) is 9.53 Å². The molecule has 3 nitrogen and oxygen atoms in total. The van der Waals surface area contributed by atoms with Crippen molar-refractivity contribution in [2.75, 3.05) is 20.1 Å². The maximum Gasteiger partial charge on any atom is 0.306 e. The van der Waals surface area contributed by atoms with Crippen LogP contribution in [0.4, 0.5) is 0 Å². The minimum absolute atomic E-state index is 0.00913. The van der Waals surface area contributed by atoms with E-state index in [1.807, 2.05) is 0 Å². The van der Waals surface area contributed by atoms with Gasteiger partial charge in [-0.25, -0.2) is 0 Å². The summed E-state index contributed by atoms with van der Waals surface area (Å²) in [7, 11) is 2.08. The Bertz CT molecular complexity index is 268. The standard InChI is InChI=1S/C18H35NO2/c1-3-4-5-6-7-8-9-10-11-12-13-18(20)21-17-14-15-19(2)16-17/h17H,3-16H2,1-2H3. The van der Waals surface area contributed by atoms with Gasteiger partial charge in [0.1, 0.15) is 6.10 Å². The van der Waals surface area contributed by atoms with Gasteiger partial charge in [0.2, 0.25) is 0 Å². The SMILES string of the molecule is CCCCCCCCCCCCC(=O)OC1CCN(C)C1. The first-order valence-corrected chi connectivity index (χ1v) is 9.10. The van der Waals surface area contributed by atoms with E-state index in [0.29, 0.717) is 6.42 Å². The van der Waals surface area contributed by atoms with E-state index in [2.05, 4.69) is 18.9 Å². The molecule has 0 aromatic rings. The van der Waals surface area contributed by atoms with Gasteiger partial charge in [0, 0.05) is 19.5 Å². The van der Waals surface area contributed by atoms with Crippen molar-refractivity contribution >= 4 is 5.97 Å². The Morgan fingerprint density at radius 3 is 2.10 bits per heavy atom. The lowest BCUT2D eigenvalue weighted by atomic mass is 10.1. The molecule has 1 aliphatic rings. The van der Waals surface area contributed by atoms with E-state index in [-0.39, 0.29) is 12.1 Å². The monoisotopic (exact) mass is 297 g/mol. The third kappa shape index (κ3) is 9.89. The van der Waals surface area contributed by atoms with E-state index >= 15 is 0 Å². The first kappa shape index (κ1) is 18.5. The van der Waals surface area contributed by atoms with Crippen LogP contribution in [0.25, 0.3) is 0 Å². The van der Waals surface area contributed by atoms with Crippen molar-refractivity contribution in [2.24, 2.45) is 0 Å². The highest BCUT2D eigenvalue weighted by molar-refractivity contribution is 5.69. The van der Waals surface area contributed by atoms with Crippen LogP contribution < -0.4 is 0 Å². The number of esters is 1. The van der Waals surface area contributed by atoms with E-state index in [4.69, 9.17) is 4.74 Å². The maximum absolute atomic E-state index is 11.7. The predicted octanol–water partition coefficient (Wildman–Crippen LogP) is 4.54. The lowest BCUT2D eigenvalue weighted by Gasteiger charge is -2.12. The lowest BCUT2D eigenvalue weighted by Crippen LogP contribution is -2.22. The summed E-state index contributed by atoms with van der Waals surface area (Å²) in [6.45, 7) is 4.22. The molecule has 0 bridgehead atoms. The second-order valence-corrected chi connectivity index (χ2v) is 6.59. The van der Waals surface area contributed by atoms with Gasteiger partial charge in [-0.15, -0.1) is 0 Å². The molecule has 1 fully saturated rings. The molecule has 0 aromatic heterocycles. The molecule has 0 aromatic carbocycles. The van der Waals surface area contributed by atoms with E-state index in [1.54, 1.807) is 0 Å². The minimum atomic E-state index is 0.00913. The lowest BCUT2D eigenvalue weighted by molar-refractivity contribution is -0.148. The molecular formula is C18H35NO2. The number of carbonyl (C=O) groups excluding carboxylic acids is 1. The average molecular weight is 297 g/mol. The summed E-state index contributed by atoms with van der Waals surface area (Å²) >= 11 is 0. The van der Waals surface area contributed by atoms with Gasteiger partial charge < -0.3 is 9.64 Å². The molecule has 0 radical (unpaired) electrons. The summed E-state index contributed by atoms with van der Waals surface area (Å²) < 4.78 is 5.48. The fourth-order valence-electron chi connectivity index (χ4n) is 2.99. The van der Waals surface area contributed by atoms with Crippen LogP contribution in [0.15, 0.2) is 0 Å². The van der Waals surface area contributed by atoms with Crippen LogP contribution in [-0.4, -0.2) is 37.1 Å². The molecule has 1 unspecified atom stereocenters. The highest BCUT2D eigenvalue weighted by Gasteiger charge is 2.22. The number of ether oxygens (including phenoxy) is 1. The molecular weight excluding hydrogens is 262 g/mol. The molecule has 0 aliphatic carbocycles. The summed E-state index contributed by atoms with van der Waals surface area (Å²) in [4.78, 5) is 13.9. The zero-order chi connectivity index (χ0) is 15.3. The van der Waals surface area contributed by atoms with Crippen LogP contribution in [0.3, 0.4) is 0 Å². The molecule has 0 amide bonds. The molecule has 1 atom stereocenters. The van der Waals surface area contributed by atoms with Crippen molar-refractivity contribution < 1.29 is 9.53 Å². The Morgan fingerprint density at radius 1 is 1.00 bits per heavy atom. The highest BCUT2D eigenvalue weighted by atomic mass is 16.5. The Labute approximate surface area is 131 Å². The topological polar surface area (TPSA) is 29.5 Å². The molecule has 1 aliphatic heterocycles. The van der Waals surface area contributed by atoms with Crippen LogP contribution in [0.5, 0.6) is 0 Å². The van der Waals surface area contributed by atoms with Crippen LogP contribution >= 0.6 is 0 Å². The summed E-state index contributed by atoms with van der Waals surface area (Å²) in [6, 6.07) is 0. The van der Waals surface area contributed by atoms with E-state index in [9.17, 15) is 4.79 Å². The molecule has 21 heavy (non-hydrogen) atoms. The third-order valence-electron chi connectivity index (χ3n) is 4.38. The number of likely N-dealkylation sites (N-methyl/N-ethyl adjacent to an activating group) is 1. The summed E-state index contributed by atoms with van der Waals surface area (Å²) in [5.74, 6) is 0.00913. The molecule has 3 heteroatoms. The number of rotatable bonds is 12. The summed E-state index contributed by atoms with van der Waals surface area (Å²) in [5.41, 5.74) is 0. The fraction of sp³-hybridized carbons (Fsp3) is 0.944. The normalized spacial score (nSPS) is 19.0. The van der Waals surface area contributed by atoms with Gasteiger partial charge in [0.15, 0.2) is 0 Å². The third-order valence-corrected chi connectivity index (χ3v) is 4.38. The number of hydrogen-bond acceptors (Lipinski definition) is 3. The number of unbranched alkanes of at least 4 members (excludes halogenated alkanes) is 9.